The van der Waals surface area contributed by atoms with Gasteiger partial charge in [0.05, 0.1) is 18.5 Å². The first-order valence-corrected chi connectivity index (χ1v) is 6.34. The van der Waals surface area contributed by atoms with Gasteiger partial charge in [0.1, 0.15) is 12.4 Å². The number of benzene rings is 1. The largest absolute Gasteiger partial charge is 0.475 e. The summed E-state index contributed by atoms with van der Waals surface area (Å²) in [6, 6.07) is 10.1. The Labute approximate surface area is 117 Å². The van der Waals surface area contributed by atoms with Gasteiger partial charge in [-0.05, 0) is 23.8 Å². The molecule has 0 fully saturated rings. The van der Waals surface area contributed by atoms with Crippen molar-refractivity contribution in [2.24, 2.45) is 0 Å². The molecule has 20 heavy (non-hydrogen) atoms. The van der Waals surface area contributed by atoms with E-state index in [1.165, 1.54) is 12.1 Å². The molecule has 0 aliphatic heterocycles. The highest BCUT2D eigenvalue weighted by atomic mass is 19.1. The van der Waals surface area contributed by atoms with Gasteiger partial charge in [-0.3, -0.25) is 0 Å². The van der Waals surface area contributed by atoms with Gasteiger partial charge in [0, 0.05) is 19.7 Å². The van der Waals surface area contributed by atoms with Crippen LogP contribution in [0.5, 0.6) is 5.88 Å². The summed E-state index contributed by atoms with van der Waals surface area (Å²) in [5.74, 6) is 0.322. The van der Waals surface area contributed by atoms with E-state index in [9.17, 15) is 4.39 Å². The number of anilines is 1. The van der Waals surface area contributed by atoms with Crippen molar-refractivity contribution in [3.8, 4) is 5.88 Å². The molecule has 1 aromatic heterocycles. The molecule has 0 unspecified atom stereocenters. The van der Waals surface area contributed by atoms with Crippen molar-refractivity contribution in [3.63, 3.8) is 0 Å². The highest BCUT2D eigenvalue weighted by molar-refractivity contribution is 5.42. The van der Waals surface area contributed by atoms with Crippen molar-refractivity contribution in [2.75, 3.05) is 25.6 Å². The van der Waals surface area contributed by atoms with Gasteiger partial charge >= 0.3 is 0 Å². The number of ether oxygens (including phenoxy) is 2. The lowest BCUT2D eigenvalue weighted by atomic mass is 10.2. The Hall–Kier alpha value is -2.14. The SMILES string of the molecule is COCCOc1ccc(NCc2cccc(F)c2)cn1. The fourth-order valence-electron chi connectivity index (χ4n) is 1.65. The summed E-state index contributed by atoms with van der Waals surface area (Å²) in [6.07, 6.45) is 1.68. The van der Waals surface area contributed by atoms with E-state index >= 15 is 0 Å². The zero-order valence-corrected chi connectivity index (χ0v) is 11.3. The molecule has 4 nitrogen and oxygen atoms in total. The predicted molar refractivity (Wildman–Crippen MR) is 75.3 cm³/mol. The maximum absolute atomic E-state index is 13.0. The summed E-state index contributed by atoms with van der Waals surface area (Å²) < 4.78 is 23.3. The number of hydrogen-bond acceptors (Lipinski definition) is 4. The minimum atomic E-state index is -0.232. The number of methoxy groups -OCH3 is 1. The van der Waals surface area contributed by atoms with Crippen molar-refractivity contribution >= 4 is 5.69 Å². The number of hydrogen-bond donors (Lipinski definition) is 1. The van der Waals surface area contributed by atoms with Crippen LogP contribution in [0.4, 0.5) is 10.1 Å². The van der Waals surface area contributed by atoms with Crippen LogP contribution in [0.3, 0.4) is 0 Å². The zero-order chi connectivity index (χ0) is 14.2. The molecule has 1 aromatic carbocycles. The first-order chi connectivity index (χ1) is 9.78. The standard InChI is InChI=1S/C15H17FN2O2/c1-19-7-8-20-15-6-5-14(11-18-15)17-10-12-3-2-4-13(16)9-12/h2-6,9,11,17H,7-8,10H2,1H3. The molecule has 1 heterocycles. The molecule has 5 heteroatoms. The summed E-state index contributed by atoms with van der Waals surface area (Å²) in [7, 11) is 1.62. The molecule has 0 aliphatic carbocycles. The Morgan fingerprint density at radius 1 is 1.20 bits per heavy atom. The molecule has 0 saturated heterocycles. The Kier molecular flexibility index (Phi) is 5.32. The molecule has 2 rings (SSSR count). The molecule has 0 amide bonds. The Balaban J connectivity index is 1.84. The molecule has 0 saturated carbocycles. The van der Waals surface area contributed by atoms with Gasteiger partial charge in [-0.15, -0.1) is 0 Å². The second-order valence-corrected chi connectivity index (χ2v) is 4.21. The number of nitrogens with zero attached hydrogens (tertiary/aromatic N) is 1. The second kappa shape index (κ2) is 7.45. The third kappa shape index (κ3) is 4.51. The summed E-state index contributed by atoms with van der Waals surface area (Å²) in [5.41, 5.74) is 1.73. The van der Waals surface area contributed by atoms with Crippen LogP contribution in [0.1, 0.15) is 5.56 Å². The fraction of sp³-hybridized carbons (Fsp3) is 0.267. The Morgan fingerprint density at radius 3 is 2.80 bits per heavy atom. The summed E-state index contributed by atoms with van der Waals surface area (Å²) >= 11 is 0. The fourth-order valence-corrected chi connectivity index (χ4v) is 1.65. The molecular weight excluding hydrogens is 259 g/mol. The second-order valence-electron chi connectivity index (χ2n) is 4.21. The van der Waals surface area contributed by atoms with Gasteiger partial charge in [0.15, 0.2) is 0 Å². The van der Waals surface area contributed by atoms with Crippen LogP contribution in [-0.2, 0) is 11.3 Å². The van der Waals surface area contributed by atoms with Gasteiger partial charge in [0.2, 0.25) is 5.88 Å². The molecule has 1 N–H and O–H groups in total. The van der Waals surface area contributed by atoms with Gasteiger partial charge in [-0.25, -0.2) is 9.37 Å². The molecule has 0 spiro atoms. The summed E-state index contributed by atoms with van der Waals surface area (Å²) in [4.78, 5) is 4.17. The molecule has 0 atom stereocenters. The minimum Gasteiger partial charge on any atom is -0.475 e. The third-order valence-electron chi connectivity index (χ3n) is 2.66. The number of halogens is 1. The maximum atomic E-state index is 13.0. The molecule has 106 valence electrons. The number of nitrogens with one attached hydrogen (secondary N) is 1. The van der Waals surface area contributed by atoms with Crippen LogP contribution < -0.4 is 10.1 Å². The van der Waals surface area contributed by atoms with Gasteiger partial charge < -0.3 is 14.8 Å². The lowest BCUT2D eigenvalue weighted by Crippen LogP contribution is -2.05. The Bertz CT molecular complexity index is 532. The number of rotatable bonds is 7. The van der Waals surface area contributed by atoms with Crippen molar-refractivity contribution in [1.29, 1.82) is 0 Å². The van der Waals surface area contributed by atoms with E-state index in [-0.39, 0.29) is 5.82 Å². The predicted octanol–water partition coefficient (Wildman–Crippen LogP) is 2.86. The average molecular weight is 276 g/mol. The van der Waals surface area contributed by atoms with Crippen molar-refractivity contribution < 1.29 is 13.9 Å². The van der Waals surface area contributed by atoms with Gasteiger partial charge in [0.25, 0.3) is 0 Å². The van der Waals surface area contributed by atoms with Gasteiger partial charge in [-0.2, -0.15) is 0 Å². The maximum Gasteiger partial charge on any atom is 0.213 e. The minimum absolute atomic E-state index is 0.232. The first-order valence-electron chi connectivity index (χ1n) is 6.34. The van der Waals surface area contributed by atoms with Crippen LogP contribution in [0, 0.1) is 5.82 Å². The molecular formula is C15H17FN2O2. The molecule has 2 aromatic rings. The van der Waals surface area contributed by atoms with Gasteiger partial charge in [-0.1, -0.05) is 12.1 Å². The van der Waals surface area contributed by atoms with E-state index in [1.54, 1.807) is 25.4 Å². The highest BCUT2D eigenvalue weighted by Gasteiger charge is 1.98. The van der Waals surface area contributed by atoms with E-state index < -0.39 is 0 Å². The molecule has 0 bridgehead atoms. The highest BCUT2D eigenvalue weighted by Crippen LogP contribution is 2.13. The van der Waals surface area contributed by atoms with E-state index in [0.29, 0.717) is 25.6 Å². The summed E-state index contributed by atoms with van der Waals surface area (Å²) in [5, 5.41) is 3.17. The number of pyridine rings is 1. The monoisotopic (exact) mass is 276 g/mol. The third-order valence-corrected chi connectivity index (χ3v) is 2.66. The van der Waals surface area contributed by atoms with Crippen molar-refractivity contribution in [1.82, 2.24) is 4.98 Å². The van der Waals surface area contributed by atoms with Crippen LogP contribution >= 0.6 is 0 Å². The van der Waals surface area contributed by atoms with Crippen molar-refractivity contribution in [2.45, 2.75) is 6.54 Å². The van der Waals surface area contributed by atoms with Crippen LogP contribution in [0.15, 0.2) is 42.6 Å². The smallest absolute Gasteiger partial charge is 0.213 e. The lowest BCUT2D eigenvalue weighted by molar-refractivity contribution is 0.144. The quantitative estimate of drug-likeness (QED) is 0.790. The number of aromatic nitrogens is 1. The first kappa shape index (κ1) is 14.3. The van der Waals surface area contributed by atoms with Crippen molar-refractivity contribution in [3.05, 3.63) is 54.0 Å². The van der Waals surface area contributed by atoms with Crippen LogP contribution in [0.25, 0.3) is 0 Å². The Morgan fingerprint density at radius 2 is 2.10 bits per heavy atom. The topological polar surface area (TPSA) is 43.4 Å². The zero-order valence-electron chi connectivity index (χ0n) is 11.3. The molecule has 0 aliphatic rings. The van der Waals surface area contributed by atoms with Crippen LogP contribution in [0.2, 0.25) is 0 Å². The lowest BCUT2D eigenvalue weighted by Gasteiger charge is -2.08. The van der Waals surface area contributed by atoms with E-state index in [1.807, 2.05) is 12.1 Å². The average Bonchev–Trinajstić information content (AvgIpc) is 2.47. The summed E-state index contributed by atoms with van der Waals surface area (Å²) in [6.45, 7) is 1.55. The van der Waals surface area contributed by atoms with Crippen LogP contribution in [-0.4, -0.2) is 25.3 Å². The normalized spacial score (nSPS) is 10.3. The van der Waals surface area contributed by atoms with E-state index in [2.05, 4.69) is 10.3 Å². The molecule has 0 radical (unpaired) electrons. The van der Waals surface area contributed by atoms with E-state index in [4.69, 9.17) is 9.47 Å². The van der Waals surface area contributed by atoms with E-state index in [0.717, 1.165) is 11.3 Å².